The number of hydrogen-bond acceptors (Lipinski definition) is 3. The maximum atomic E-state index is 13.6. The molecule has 0 radical (unpaired) electrons. The second-order valence-electron chi connectivity index (χ2n) is 8.04. The van der Waals surface area contributed by atoms with Crippen molar-refractivity contribution in [1.82, 2.24) is 15.1 Å². The molecular formula is C25H23FN4O2. The maximum absolute atomic E-state index is 13.6. The van der Waals surface area contributed by atoms with E-state index in [1.165, 1.54) is 12.1 Å². The average Bonchev–Trinajstić information content (AvgIpc) is 3.08. The molecule has 0 bridgehead atoms. The highest BCUT2D eigenvalue weighted by Crippen LogP contribution is 2.38. The zero-order valence-electron chi connectivity index (χ0n) is 17.9. The van der Waals surface area contributed by atoms with Crippen LogP contribution in [0.5, 0.6) is 0 Å². The normalized spacial score (nSPS) is 17.5. The molecule has 4 rings (SSSR count). The molecular weight excluding hydrogens is 407 g/mol. The Morgan fingerprint density at radius 1 is 1.25 bits per heavy atom. The van der Waals surface area contributed by atoms with Crippen molar-refractivity contribution >= 4 is 11.7 Å². The van der Waals surface area contributed by atoms with Gasteiger partial charge in [0.05, 0.1) is 23.9 Å². The molecule has 1 aliphatic rings. The highest BCUT2D eigenvalue weighted by atomic mass is 19.1. The average molecular weight is 430 g/mol. The fourth-order valence-corrected chi connectivity index (χ4v) is 4.40. The van der Waals surface area contributed by atoms with Crippen molar-refractivity contribution in [3.05, 3.63) is 99.4 Å². The monoisotopic (exact) mass is 430 g/mol. The molecule has 1 heterocycles. The minimum absolute atomic E-state index is 0.116. The van der Waals surface area contributed by atoms with Crippen molar-refractivity contribution in [3.8, 4) is 0 Å². The fourth-order valence-electron chi connectivity index (χ4n) is 4.40. The Balaban J connectivity index is 1.78. The highest BCUT2D eigenvalue weighted by molar-refractivity contribution is 5.99. The van der Waals surface area contributed by atoms with Crippen LogP contribution in [0.3, 0.4) is 0 Å². The Hall–Kier alpha value is -3.79. The highest BCUT2D eigenvalue weighted by Gasteiger charge is 2.41. The number of carbonyl (C=O) groups excluding carboxylic acids is 2. The van der Waals surface area contributed by atoms with Gasteiger partial charge in [-0.3, -0.25) is 14.3 Å². The summed E-state index contributed by atoms with van der Waals surface area (Å²) in [5.41, 5.74) is 4.50. The molecule has 7 heteroatoms. The van der Waals surface area contributed by atoms with Gasteiger partial charge in [0.1, 0.15) is 12.4 Å². The van der Waals surface area contributed by atoms with E-state index in [0.29, 0.717) is 12.1 Å². The number of nitrogens with one attached hydrogen (secondary N) is 1. The zero-order chi connectivity index (χ0) is 22.8. The number of aromatic nitrogens is 2. The summed E-state index contributed by atoms with van der Waals surface area (Å²) in [6.45, 7) is 11.5. The van der Waals surface area contributed by atoms with E-state index in [1.807, 2.05) is 19.9 Å². The molecule has 0 saturated carbocycles. The molecule has 1 amide bonds. The van der Waals surface area contributed by atoms with Gasteiger partial charge in [0.2, 0.25) is 6.54 Å². The summed E-state index contributed by atoms with van der Waals surface area (Å²) in [4.78, 5) is 29.7. The van der Waals surface area contributed by atoms with Crippen molar-refractivity contribution in [1.29, 1.82) is 0 Å². The summed E-state index contributed by atoms with van der Waals surface area (Å²) in [5, 5.41) is 7.50. The molecule has 0 unspecified atom stereocenters. The lowest BCUT2D eigenvalue weighted by Gasteiger charge is -2.32. The molecule has 0 spiro atoms. The summed E-state index contributed by atoms with van der Waals surface area (Å²) >= 11 is 0. The van der Waals surface area contributed by atoms with E-state index in [4.69, 9.17) is 6.57 Å². The molecule has 1 aliphatic carbocycles. The van der Waals surface area contributed by atoms with Gasteiger partial charge in [-0.15, -0.1) is 0 Å². The van der Waals surface area contributed by atoms with Gasteiger partial charge in [0.25, 0.3) is 5.91 Å². The SMILES string of the molecule is [C-]#[N+]CCn1nc(C)c2c1CC(=O)[C@H](NC(=O)c1cccc(C)c1)[C@H]2c1ccc(F)cc1. The number of rotatable bonds is 5. The van der Waals surface area contributed by atoms with Crippen LogP contribution in [0.1, 0.15) is 44.4 Å². The van der Waals surface area contributed by atoms with Crippen LogP contribution in [0.2, 0.25) is 0 Å². The molecule has 2 aromatic carbocycles. The van der Waals surface area contributed by atoms with Crippen LogP contribution in [0.15, 0.2) is 48.5 Å². The molecule has 0 saturated heterocycles. The van der Waals surface area contributed by atoms with Gasteiger partial charge in [0.15, 0.2) is 5.78 Å². The second kappa shape index (κ2) is 8.75. The lowest BCUT2D eigenvalue weighted by Crippen LogP contribution is -2.48. The van der Waals surface area contributed by atoms with Crippen molar-refractivity contribution < 1.29 is 14.0 Å². The first kappa shape index (κ1) is 21.4. The summed E-state index contributed by atoms with van der Waals surface area (Å²) in [7, 11) is 0. The Morgan fingerprint density at radius 3 is 2.69 bits per heavy atom. The number of aryl methyl sites for hydroxylation is 2. The summed E-state index contributed by atoms with van der Waals surface area (Å²) in [5.74, 6) is -1.35. The first-order chi connectivity index (χ1) is 15.4. The first-order valence-corrected chi connectivity index (χ1v) is 10.4. The van der Waals surface area contributed by atoms with Crippen LogP contribution in [0.4, 0.5) is 4.39 Å². The Bertz CT molecular complexity index is 1220. The molecule has 32 heavy (non-hydrogen) atoms. The molecule has 1 aromatic heterocycles. The van der Waals surface area contributed by atoms with E-state index in [1.54, 1.807) is 35.0 Å². The van der Waals surface area contributed by atoms with Gasteiger partial charge in [-0.1, -0.05) is 29.8 Å². The van der Waals surface area contributed by atoms with Crippen LogP contribution >= 0.6 is 0 Å². The topological polar surface area (TPSA) is 68.3 Å². The molecule has 2 atom stereocenters. The van der Waals surface area contributed by atoms with E-state index < -0.39 is 12.0 Å². The predicted molar refractivity (Wildman–Crippen MR) is 118 cm³/mol. The molecule has 3 aromatic rings. The summed E-state index contributed by atoms with van der Waals surface area (Å²) in [6, 6.07) is 12.4. The van der Waals surface area contributed by atoms with E-state index in [-0.39, 0.29) is 30.5 Å². The van der Waals surface area contributed by atoms with Gasteiger partial charge in [-0.2, -0.15) is 5.10 Å². The summed E-state index contributed by atoms with van der Waals surface area (Å²) in [6.07, 6.45) is 0.116. The van der Waals surface area contributed by atoms with Crippen molar-refractivity contribution in [3.63, 3.8) is 0 Å². The number of hydrogen-bond donors (Lipinski definition) is 1. The van der Waals surface area contributed by atoms with Gasteiger partial charge in [-0.25, -0.2) is 11.0 Å². The Morgan fingerprint density at radius 2 is 2.00 bits per heavy atom. The third-order valence-corrected chi connectivity index (χ3v) is 5.84. The number of halogens is 1. The fraction of sp³-hybridized carbons (Fsp3) is 0.280. The van der Waals surface area contributed by atoms with Gasteiger partial charge >= 0.3 is 0 Å². The van der Waals surface area contributed by atoms with Crippen LogP contribution in [0.25, 0.3) is 4.85 Å². The van der Waals surface area contributed by atoms with Crippen LogP contribution < -0.4 is 5.32 Å². The number of fused-ring (bicyclic) bond motifs is 1. The molecule has 0 aliphatic heterocycles. The third kappa shape index (κ3) is 4.04. The minimum atomic E-state index is -0.807. The predicted octanol–water partition coefficient (Wildman–Crippen LogP) is 3.61. The number of Topliss-reactive ketones (excluding diaryl/α,β-unsaturated/α-hetero) is 1. The maximum Gasteiger partial charge on any atom is 0.251 e. The van der Waals surface area contributed by atoms with Crippen LogP contribution in [0, 0.1) is 26.2 Å². The van der Waals surface area contributed by atoms with Crippen LogP contribution in [-0.2, 0) is 17.8 Å². The number of ketones is 1. The van der Waals surface area contributed by atoms with Crippen molar-refractivity contribution in [2.24, 2.45) is 0 Å². The van der Waals surface area contributed by atoms with Crippen LogP contribution in [-0.4, -0.2) is 34.1 Å². The quantitative estimate of drug-likeness (QED) is 0.629. The number of nitrogens with zero attached hydrogens (tertiary/aromatic N) is 3. The van der Waals surface area contributed by atoms with E-state index in [2.05, 4.69) is 15.3 Å². The van der Waals surface area contributed by atoms with Gasteiger partial charge in [-0.05, 0) is 43.7 Å². The summed E-state index contributed by atoms with van der Waals surface area (Å²) < 4.78 is 15.4. The Labute approximate surface area is 185 Å². The Kier molecular flexibility index (Phi) is 5.87. The van der Waals surface area contributed by atoms with E-state index in [9.17, 15) is 14.0 Å². The van der Waals surface area contributed by atoms with E-state index in [0.717, 1.165) is 28.1 Å². The van der Waals surface area contributed by atoms with Crippen molar-refractivity contribution in [2.75, 3.05) is 6.54 Å². The second-order valence-corrected chi connectivity index (χ2v) is 8.04. The molecule has 1 N–H and O–H groups in total. The molecule has 162 valence electrons. The number of benzene rings is 2. The minimum Gasteiger partial charge on any atom is -0.341 e. The number of carbonyl (C=O) groups is 2. The lowest BCUT2D eigenvalue weighted by molar-refractivity contribution is -0.121. The third-order valence-electron chi connectivity index (χ3n) is 5.84. The first-order valence-electron chi connectivity index (χ1n) is 10.4. The largest absolute Gasteiger partial charge is 0.341 e. The van der Waals surface area contributed by atoms with Gasteiger partial charge < -0.3 is 10.2 Å². The molecule has 6 nitrogen and oxygen atoms in total. The lowest BCUT2D eigenvalue weighted by atomic mass is 9.76. The van der Waals surface area contributed by atoms with Crippen molar-refractivity contribution in [2.45, 2.75) is 38.8 Å². The van der Waals surface area contributed by atoms with E-state index >= 15 is 0 Å². The number of amides is 1. The molecule has 0 fully saturated rings. The standard InChI is InChI=1S/C25H23FN4O2/c1-15-5-4-6-18(13-15)25(32)28-24-21(31)14-20-22(16(2)29-30(20)12-11-27-3)23(24)17-7-9-19(26)10-8-17/h4-10,13,23-24H,11-12,14H2,1-2H3,(H,28,32)/t23-,24-/m0/s1. The zero-order valence-corrected chi connectivity index (χ0v) is 17.9. The smallest absolute Gasteiger partial charge is 0.251 e. The van der Waals surface area contributed by atoms with Gasteiger partial charge in [0, 0.05) is 17.0 Å².